The molecule has 0 aromatic heterocycles. The summed E-state index contributed by atoms with van der Waals surface area (Å²) >= 11 is 0. The first kappa shape index (κ1) is 33.7. The summed E-state index contributed by atoms with van der Waals surface area (Å²) in [5.74, 6) is -1.95. The van der Waals surface area contributed by atoms with Gasteiger partial charge >= 0.3 is 55.8 Å². The standard InChI is InChI=1S/C13H13F14.CH3.U/c1-7(6-9(15,12(22,23)24)13(25,26)27)4-2-3-5-8(14,10(16,17)18)11(19,20)21;;/h7H,1-6H2;1H3;/q2*-1;+2. The van der Waals surface area contributed by atoms with E-state index in [1.165, 1.54) is 0 Å². The van der Waals surface area contributed by atoms with Crippen LogP contribution in [0.15, 0.2) is 0 Å². The predicted molar refractivity (Wildman–Crippen MR) is 70.2 cm³/mol. The molecule has 1 atom stereocenters. The first-order valence-corrected chi connectivity index (χ1v) is 7.08. The molecule has 0 saturated carbocycles. The molecular formula is C14H16F14U. The predicted octanol–water partition coefficient (Wildman–Crippen LogP) is 7.50. The van der Waals surface area contributed by atoms with Crippen LogP contribution in [0.2, 0.25) is 0 Å². The number of hydrogen-bond acceptors (Lipinski definition) is 0. The molecule has 15 heteroatoms. The van der Waals surface area contributed by atoms with Crippen LogP contribution in [-0.2, 0) is 0 Å². The Balaban J connectivity index is -0.00000338. The minimum absolute atomic E-state index is 0. The van der Waals surface area contributed by atoms with Crippen LogP contribution in [0, 0.1) is 51.4 Å². The molecule has 0 bridgehead atoms. The second-order valence-electron chi connectivity index (χ2n) is 5.91. The van der Waals surface area contributed by atoms with E-state index in [1.807, 2.05) is 0 Å². The molecule has 0 saturated heterocycles. The Hall–Kier alpha value is 0.0719. The molecule has 0 rings (SSSR count). The topological polar surface area (TPSA) is 0 Å². The van der Waals surface area contributed by atoms with E-state index >= 15 is 0 Å². The molecular weight excluding hydrogens is 672 g/mol. The van der Waals surface area contributed by atoms with E-state index in [0.29, 0.717) is 0 Å². The number of rotatable bonds is 7. The molecule has 0 amide bonds. The van der Waals surface area contributed by atoms with E-state index in [0.717, 1.165) is 0 Å². The monoisotopic (exact) mass is 688 g/mol. The second kappa shape index (κ2) is 10.6. The van der Waals surface area contributed by atoms with E-state index in [9.17, 15) is 61.5 Å². The molecule has 0 heterocycles. The van der Waals surface area contributed by atoms with Gasteiger partial charge in [0, 0.05) is 0 Å². The smallest absolute Gasteiger partial charge is 0.358 e. The van der Waals surface area contributed by atoms with E-state index in [2.05, 4.69) is 6.92 Å². The fourth-order valence-electron chi connectivity index (χ4n) is 2.14. The van der Waals surface area contributed by atoms with Crippen molar-refractivity contribution in [1.82, 2.24) is 0 Å². The molecule has 0 N–H and O–H groups in total. The molecule has 174 valence electrons. The number of halogens is 14. The molecule has 0 aliphatic rings. The zero-order valence-corrected chi connectivity index (χ0v) is 18.8. The average Bonchev–Trinajstić information content (AvgIpc) is 2.38. The van der Waals surface area contributed by atoms with Crippen LogP contribution < -0.4 is 0 Å². The van der Waals surface area contributed by atoms with Crippen molar-refractivity contribution in [2.45, 2.75) is 68.1 Å². The van der Waals surface area contributed by atoms with Gasteiger partial charge < -0.3 is 14.4 Å². The largest absolute Gasteiger partial charge is 2.00 e. The zero-order chi connectivity index (χ0) is 22.1. The van der Waals surface area contributed by atoms with Gasteiger partial charge in [0.15, 0.2) is 0 Å². The fourth-order valence-corrected chi connectivity index (χ4v) is 2.14. The van der Waals surface area contributed by atoms with Gasteiger partial charge in [0.25, 0.3) is 11.3 Å². The minimum Gasteiger partial charge on any atom is -0.358 e. The van der Waals surface area contributed by atoms with Crippen LogP contribution in [0.25, 0.3) is 0 Å². The van der Waals surface area contributed by atoms with Gasteiger partial charge in [0.2, 0.25) is 0 Å². The average molecular weight is 688 g/mol. The van der Waals surface area contributed by atoms with Crippen molar-refractivity contribution < 1.29 is 92.6 Å². The molecule has 0 nitrogen and oxygen atoms in total. The summed E-state index contributed by atoms with van der Waals surface area (Å²) in [5, 5.41) is 0. The van der Waals surface area contributed by atoms with Gasteiger partial charge in [-0.3, -0.25) is 0 Å². The Bertz CT molecular complexity index is 445. The summed E-state index contributed by atoms with van der Waals surface area (Å²) in [4.78, 5) is 0. The van der Waals surface area contributed by atoms with Crippen LogP contribution in [-0.4, -0.2) is 36.0 Å². The maximum Gasteiger partial charge on any atom is 2.00 e. The van der Waals surface area contributed by atoms with Crippen LogP contribution in [0.3, 0.4) is 0 Å². The second-order valence-corrected chi connectivity index (χ2v) is 5.91. The van der Waals surface area contributed by atoms with Crippen molar-refractivity contribution in [3.05, 3.63) is 14.4 Å². The van der Waals surface area contributed by atoms with Gasteiger partial charge in [-0.2, -0.15) is 58.6 Å². The summed E-state index contributed by atoms with van der Waals surface area (Å²) in [6.07, 6.45) is -32.7. The first-order valence-electron chi connectivity index (χ1n) is 7.08. The van der Waals surface area contributed by atoms with Gasteiger partial charge in [-0.1, -0.05) is 12.8 Å². The Kier molecular flexibility index (Phi) is 12.3. The molecule has 0 radical (unpaired) electrons. The quantitative estimate of drug-likeness (QED) is 0.148. The van der Waals surface area contributed by atoms with Crippen molar-refractivity contribution in [1.29, 1.82) is 0 Å². The normalized spacial score (nSPS) is 15.4. The third kappa shape index (κ3) is 7.92. The maximum absolute atomic E-state index is 13.4. The van der Waals surface area contributed by atoms with Crippen molar-refractivity contribution in [3.8, 4) is 0 Å². The van der Waals surface area contributed by atoms with Crippen molar-refractivity contribution in [3.63, 3.8) is 0 Å². The summed E-state index contributed by atoms with van der Waals surface area (Å²) in [6.45, 7) is 2.80. The van der Waals surface area contributed by atoms with Crippen molar-refractivity contribution in [2.75, 3.05) is 0 Å². The summed E-state index contributed by atoms with van der Waals surface area (Å²) in [5.41, 5.74) is -11.2. The van der Waals surface area contributed by atoms with Gasteiger partial charge in [0.05, 0.1) is 0 Å². The molecule has 0 spiro atoms. The molecule has 0 fully saturated rings. The SMILES string of the molecule is [CH2-]C(CCCCC(F)(C(F)(F)F)C(F)(F)F)CC(F)(C(F)(F)F)C(F)(F)F.[CH3-].[U+2]. The molecule has 0 aromatic rings. The molecule has 1 unspecified atom stereocenters. The van der Waals surface area contributed by atoms with Gasteiger partial charge in [-0.25, -0.2) is 8.78 Å². The Morgan fingerprint density at radius 2 is 0.862 bits per heavy atom. The summed E-state index contributed by atoms with van der Waals surface area (Å²) in [7, 11) is 0. The first-order chi connectivity index (χ1) is 11.6. The third-order valence-corrected chi connectivity index (χ3v) is 3.75. The Labute approximate surface area is 181 Å². The molecule has 0 aliphatic heterocycles. The summed E-state index contributed by atoms with van der Waals surface area (Å²) in [6, 6.07) is 0. The van der Waals surface area contributed by atoms with Crippen LogP contribution in [0.1, 0.15) is 32.1 Å². The Morgan fingerprint density at radius 3 is 1.14 bits per heavy atom. The number of hydrogen-bond donors (Lipinski definition) is 0. The Morgan fingerprint density at radius 1 is 0.552 bits per heavy atom. The zero-order valence-electron chi connectivity index (χ0n) is 14.6. The third-order valence-electron chi connectivity index (χ3n) is 3.75. The fraction of sp³-hybridized carbons (Fsp3) is 0.857. The van der Waals surface area contributed by atoms with Gasteiger partial charge in [-0.15, -0.1) is 0 Å². The number of alkyl halides is 14. The molecule has 0 aliphatic carbocycles. The minimum atomic E-state index is -6.36. The van der Waals surface area contributed by atoms with Crippen molar-refractivity contribution >= 4 is 0 Å². The van der Waals surface area contributed by atoms with Crippen LogP contribution >= 0.6 is 0 Å². The summed E-state index contributed by atoms with van der Waals surface area (Å²) < 4.78 is 174. The van der Waals surface area contributed by atoms with Gasteiger partial charge in [0.1, 0.15) is 0 Å². The van der Waals surface area contributed by atoms with Crippen molar-refractivity contribution in [2.24, 2.45) is 5.92 Å². The van der Waals surface area contributed by atoms with Crippen LogP contribution in [0.5, 0.6) is 0 Å². The maximum atomic E-state index is 13.4. The van der Waals surface area contributed by atoms with E-state index < -0.39 is 74.1 Å². The molecule has 29 heavy (non-hydrogen) atoms. The van der Waals surface area contributed by atoms with E-state index in [1.54, 1.807) is 0 Å². The number of unbranched alkanes of at least 4 members (excludes halogenated alkanes) is 1. The van der Waals surface area contributed by atoms with E-state index in [4.69, 9.17) is 0 Å². The van der Waals surface area contributed by atoms with Crippen LogP contribution in [0.4, 0.5) is 61.5 Å². The molecule has 0 aromatic carbocycles. The van der Waals surface area contributed by atoms with Gasteiger partial charge in [-0.05, 0) is 19.3 Å². The van der Waals surface area contributed by atoms with E-state index in [-0.39, 0.29) is 38.5 Å².